The van der Waals surface area contributed by atoms with Crippen molar-refractivity contribution in [3.8, 4) is 0 Å². The molecule has 0 radical (unpaired) electrons. The van der Waals surface area contributed by atoms with Gasteiger partial charge in [-0.2, -0.15) is 0 Å². The molecule has 2 fully saturated rings. The molecule has 0 aromatic heterocycles. The normalized spacial score (nSPS) is 20.8. The Hall–Kier alpha value is -2.74. The second kappa shape index (κ2) is 10.0. The predicted octanol–water partition coefficient (Wildman–Crippen LogP) is 3.44. The molecule has 0 spiro atoms. The number of benzene rings is 2. The van der Waals surface area contributed by atoms with E-state index in [0.717, 1.165) is 49.4 Å². The van der Waals surface area contributed by atoms with Crippen LogP contribution < -0.4 is 10.6 Å². The van der Waals surface area contributed by atoms with E-state index in [-0.39, 0.29) is 29.7 Å². The highest BCUT2D eigenvalue weighted by molar-refractivity contribution is 6.31. The third kappa shape index (κ3) is 5.61. The third-order valence-corrected chi connectivity index (χ3v) is 6.51. The Balaban J connectivity index is 1.48. The Kier molecular flexibility index (Phi) is 7.12. The Morgan fingerprint density at radius 1 is 1.18 bits per heavy atom. The van der Waals surface area contributed by atoms with Gasteiger partial charge in [-0.25, -0.2) is 4.39 Å². The molecule has 2 aromatic rings. The average Bonchev–Trinajstić information content (AvgIpc) is 2.75. The van der Waals surface area contributed by atoms with E-state index >= 15 is 0 Å². The van der Waals surface area contributed by atoms with Gasteiger partial charge in [-0.1, -0.05) is 23.7 Å². The van der Waals surface area contributed by atoms with Crippen LogP contribution in [0.15, 0.2) is 42.5 Å². The summed E-state index contributed by atoms with van der Waals surface area (Å²) < 4.78 is 13.2. The number of rotatable bonds is 5. The first kappa shape index (κ1) is 23.4. The summed E-state index contributed by atoms with van der Waals surface area (Å²) in [6.45, 7) is 7.01. The van der Waals surface area contributed by atoms with Crippen molar-refractivity contribution in [2.24, 2.45) is 0 Å². The summed E-state index contributed by atoms with van der Waals surface area (Å²) in [5.41, 5.74) is 3.24. The van der Waals surface area contributed by atoms with Crippen LogP contribution in [0.5, 0.6) is 0 Å². The van der Waals surface area contributed by atoms with Crippen molar-refractivity contribution < 1.29 is 14.0 Å². The summed E-state index contributed by atoms with van der Waals surface area (Å²) in [6, 6.07) is 10.3. The molecule has 6 nitrogen and oxygen atoms in total. The van der Waals surface area contributed by atoms with Crippen molar-refractivity contribution in [2.45, 2.75) is 32.5 Å². The van der Waals surface area contributed by atoms with E-state index in [4.69, 9.17) is 11.6 Å². The molecule has 174 valence electrons. The standard InChI is InChI=1S/C25H28ClFN4O2/c1-16-9-19(24(10-23(16)26)29-17(2)32)5-8-25(33)31-21-11-28-12-22(31)15-30(14-21)13-18-3-6-20(27)7-4-18/h3-10,21-22,28H,11-15H2,1-2H3,(H,29,32)/b8-5+. The zero-order chi connectivity index (χ0) is 23.5. The van der Waals surface area contributed by atoms with Crippen LogP contribution in [0.25, 0.3) is 6.08 Å². The van der Waals surface area contributed by atoms with Crippen LogP contribution in [-0.2, 0) is 16.1 Å². The van der Waals surface area contributed by atoms with Gasteiger partial charge in [0.25, 0.3) is 0 Å². The molecular weight excluding hydrogens is 443 g/mol. The maximum absolute atomic E-state index is 13.2. The summed E-state index contributed by atoms with van der Waals surface area (Å²) in [4.78, 5) is 29.1. The number of anilines is 1. The Morgan fingerprint density at radius 3 is 2.48 bits per heavy atom. The molecule has 2 N–H and O–H groups in total. The van der Waals surface area contributed by atoms with Gasteiger partial charge in [0.2, 0.25) is 11.8 Å². The lowest BCUT2D eigenvalue weighted by Gasteiger charge is -2.50. The summed E-state index contributed by atoms with van der Waals surface area (Å²) in [5, 5.41) is 6.76. The molecule has 2 bridgehead atoms. The van der Waals surface area contributed by atoms with Crippen molar-refractivity contribution in [3.05, 3.63) is 70.0 Å². The lowest BCUT2D eigenvalue weighted by molar-refractivity contribution is -0.136. The molecule has 2 aromatic carbocycles. The summed E-state index contributed by atoms with van der Waals surface area (Å²) in [5.74, 6) is -0.484. The number of hydrogen-bond acceptors (Lipinski definition) is 4. The summed E-state index contributed by atoms with van der Waals surface area (Å²) >= 11 is 6.22. The van der Waals surface area contributed by atoms with E-state index < -0.39 is 0 Å². The molecule has 0 aliphatic carbocycles. The van der Waals surface area contributed by atoms with Crippen molar-refractivity contribution in [1.82, 2.24) is 15.1 Å². The highest BCUT2D eigenvalue weighted by Gasteiger charge is 2.39. The minimum Gasteiger partial charge on any atom is -0.328 e. The van der Waals surface area contributed by atoms with Crippen LogP contribution in [0.2, 0.25) is 5.02 Å². The molecule has 8 heteroatoms. The lowest BCUT2D eigenvalue weighted by Crippen LogP contribution is -2.68. The molecule has 2 saturated heterocycles. The molecule has 2 aliphatic heterocycles. The molecular formula is C25H28ClFN4O2. The van der Waals surface area contributed by atoms with Gasteiger partial charge in [-0.05, 0) is 54.0 Å². The van der Waals surface area contributed by atoms with E-state index in [1.165, 1.54) is 19.1 Å². The van der Waals surface area contributed by atoms with Crippen molar-refractivity contribution in [3.63, 3.8) is 0 Å². The minimum absolute atomic E-state index is 0.0469. The van der Waals surface area contributed by atoms with Gasteiger partial charge in [-0.3, -0.25) is 14.5 Å². The number of carbonyl (C=O) groups excluding carboxylic acids is 2. The number of amides is 2. The van der Waals surface area contributed by atoms with Crippen LogP contribution in [0.1, 0.15) is 23.6 Å². The van der Waals surface area contributed by atoms with Gasteiger partial charge in [-0.15, -0.1) is 0 Å². The largest absolute Gasteiger partial charge is 0.328 e. The van der Waals surface area contributed by atoms with Crippen LogP contribution >= 0.6 is 11.6 Å². The predicted molar refractivity (Wildman–Crippen MR) is 128 cm³/mol. The van der Waals surface area contributed by atoms with Crippen molar-refractivity contribution in [2.75, 3.05) is 31.5 Å². The van der Waals surface area contributed by atoms with Crippen molar-refractivity contribution in [1.29, 1.82) is 0 Å². The SMILES string of the molecule is CC(=O)Nc1cc(Cl)c(C)cc1/C=C/C(=O)N1C2CNCC1CN(Cc1ccc(F)cc1)C2. The van der Waals surface area contributed by atoms with Crippen LogP contribution in [0.4, 0.5) is 10.1 Å². The number of nitrogens with zero attached hydrogens (tertiary/aromatic N) is 2. The molecule has 2 atom stereocenters. The average molecular weight is 471 g/mol. The summed E-state index contributed by atoms with van der Waals surface area (Å²) in [6.07, 6.45) is 3.32. The number of aryl methyl sites for hydroxylation is 1. The quantitative estimate of drug-likeness (QED) is 0.657. The van der Waals surface area contributed by atoms with Gasteiger partial charge in [0, 0.05) is 56.4 Å². The zero-order valence-electron chi connectivity index (χ0n) is 18.8. The van der Waals surface area contributed by atoms with Gasteiger partial charge >= 0.3 is 0 Å². The van der Waals surface area contributed by atoms with Crippen LogP contribution in [-0.4, -0.2) is 59.9 Å². The molecule has 2 amide bonds. The number of carbonyl (C=O) groups is 2. The fourth-order valence-electron chi connectivity index (χ4n) is 4.61. The number of piperazine rings is 2. The zero-order valence-corrected chi connectivity index (χ0v) is 19.5. The highest BCUT2D eigenvalue weighted by atomic mass is 35.5. The van der Waals surface area contributed by atoms with E-state index in [1.54, 1.807) is 18.2 Å². The number of nitrogens with one attached hydrogen (secondary N) is 2. The van der Waals surface area contributed by atoms with Gasteiger partial charge < -0.3 is 15.5 Å². The Morgan fingerprint density at radius 2 is 1.85 bits per heavy atom. The topological polar surface area (TPSA) is 64.7 Å². The monoisotopic (exact) mass is 470 g/mol. The second-order valence-electron chi connectivity index (χ2n) is 8.74. The van der Waals surface area contributed by atoms with Gasteiger partial charge in [0.05, 0.1) is 12.1 Å². The van der Waals surface area contributed by atoms with E-state index in [0.29, 0.717) is 10.7 Å². The molecule has 0 saturated carbocycles. The second-order valence-corrected chi connectivity index (χ2v) is 9.14. The fourth-order valence-corrected chi connectivity index (χ4v) is 4.77. The molecule has 2 aliphatic rings. The molecule has 4 rings (SSSR count). The van der Waals surface area contributed by atoms with Crippen molar-refractivity contribution >= 4 is 35.2 Å². The Labute approximate surface area is 198 Å². The van der Waals surface area contributed by atoms with Crippen LogP contribution in [0.3, 0.4) is 0 Å². The number of fused-ring (bicyclic) bond motifs is 2. The lowest BCUT2D eigenvalue weighted by atomic mass is 10.00. The summed E-state index contributed by atoms with van der Waals surface area (Å²) in [7, 11) is 0. The first-order valence-corrected chi connectivity index (χ1v) is 11.4. The Bertz CT molecular complexity index is 1060. The maximum Gasteiger partial charge on any atom is 0.247 e. The van der Waals surface area contributed by atoms with Gasteiger partial charge in [0.1, 0.15) is 5.82 Å². The minimum atomic E-state index is -0.237. The van der Waals surface area contributed by atoms with E-state index in [2.05, 4.69) is 15.5 Å². The van der Waals surface area contributed by atoms with Crippen LogP contribution in [0, 0.1) is 12.7 Å². The highest BCUT2D eigenvalue weighted by Crippen LogP contribution is 2.27. The first-order chi connectivity index (χ1) is 15.8. The molecule has 2 heterocycles. The van der Waals surface area contributed by atoms with Gasteiger partial charge in [0.15, 0.2) is 0 Å². The first-order valence-electron chi connectivity index (χ1n) is 11.1. The smallest absolute Gasteiger partial charge is 0.247 e. The molecule has 2 unspecified atom stereocenters. The number of halogens is 2. The fraction of sp³-hybridized carbons (Fsp3) is 0.360. The third-order valence-electron chi connectivity index (χ3n) is 6.11. The van der Waals surface area contributed by atoms with E-state index in [1.807, 2.05) is 30.0 Å². The maximum atomic E-state index is 13.2. The number of hydrogen-bond donors (Lipinski definition) is 2. The van der Waals surface area contributed by atoms with E-state index in [9.17, 15) is 14.0 Å². The molecule has 33 heavy (non-hydrogen) atoms.